The van der Waals surface area contributed by atoms with Gasteiger partial charge in [0.15, 0.2) is 0 Å². The van der Waals surface area contributed by atoms with Crippen molar-refractivity contribution < 1.29 is 9.53 Å². The van der Waals surface area contributed by atoms with Crippen LogP contribution in [0.25, 0.3) is 0 Å². The SMILES string of the molecule is C=CCOc1ccccc1/C=N\NC(=O)C1CC1. The van der Waals surface area contributed by atoms with Gasteiger partial charge in [0.25, 0.3) is 0 Å². The molecule has 1 amide bonds. The molecule has 0 aromatic heterocycles. The lowest BCUT2D eigenvalue weighted by atomic mass is 10.2. The average molecular weight is 244 g/mol. The second kappa shape index (κ2) is 6.00. The lowest BCUT2D eigenvalue weighted by Gasteiger charge is -2.06. The topological polar surface area (TPSA) is 50.7 Å². The highest BCUT2D eigenvalue weighted by Gasteiger charge is 2.29. The van der Waals surface area contributed by atoms with E-state index < -0.39 is 0 Å². The third-order valence-electron chi connectivity index (χ3n) is 2.60. The molecule has 2 rings (SSSR count). The molecule has 1 fully saturated rings. The molecule has 4 heteroatoms. The van der Waals surface area contributed by atoms with Gasteiger partial charge in [-0.2, -0.15) is 5.10 Å². The summed E-state index contributed by atoms with van der Waals surface area (Å²) in [6.07, 6.45) is 5.22. The number of carbonyl (C=O) groups excluding carboxylic acids is 1. The first-order chi connectivity index (χ1) is 8.81. The lowest BCUT2D eigenvalue weighted by molar-refractivity contribution is -0.122. The van der Waals surface area contributed by atoms with Crippen LogP contribution in [0.1, 0.15) is 18.4 Å². The Hall–Kier alpha value is -2.10. The van der Waals surface area contributed by atoms with Crippen LogP contribution in [-0.2, 0) is 4.79 Å². The summed E-state index contributed by atoms with van der Waals surface area (Å²) in [7, 11) is 0. The van der Waals surface area contributed by atoms with Crippen molar-refractivity contribution in [2.75, 3.05) is 6.61 Å². The Kier molecular flexibility index (Phi) is 4.12. The van der Waals surface area contributed by atoms with Crippen molar-refractivity contribution in [2.24, 2.45) is 11.0 Å². The third kappa shape index (κ3) is 3.45. The van der Waals surface area contributed by atoms with Crippen LogP contribution in [-0.4, -0.2) is 18.7 Å². The summed E-state index contributed by atoms with van der Waals surface area (Å²) in [5.41, 5.74) is 3.36. The number of hydrazone groups is 1. The predicted octanol–water partition coefficient (Wildman–Crippen LogP) is 2.11. The summed E-state index contributed by atoms with van der Waals surface area (Å²) in [4.78, 5) is 11.4. The van der Waals surface area contributed by atoms with E-state index in [0.717, 1.165) is 24.2 Å². The van der Waals surface area contributed by atoms with Crippen LogP contribution in [0.5, 0.6) is 5.75 Å². The summed E-state index contributed by atoms with van der Waals surface area (Å²) in [5, 5.41) is 3.94. The predicted molar refractivity (Wildman–Crippen MR) is 70.6 cm³/mol. The molecule has 1 N–H and O–H groups in total. The molecular formula is C14H16N2O2. The Labute approximate surface area is 106 Å². The molecule has 1 saturated carbocycles. The van der Waals surface area contributed by atoms with Gasteiger partial charge in [0.2, 0.25) is 5.91 Å². The van der Waals surface area contributed by atoms with E-state index in [-0.39, 0.29) is 11.8 Å². The van der Waals surface area contributed by atoms with Gasteiger partial charge >= 0.3 is 0 Å². The van der Waals surface area contributed by atoms with Crippen LogP contribution in [0.4, 0.5) is 0 Å². The van der Waals surface area contributed by atoms with Crippen LogP contribution >= 0.6 is 0 Å². The summed E-state index contributed by atoms with van der Waals surface area (Å²) < 4.78 is 5.48. The molecule has 0 bridgehead atoms. The van der Waals surface area contributed by atoms with Crippen molar-refractivity contribution in [3.63, 3.8) is 0 Å². The summed E-state index contributed by atoms with van der Waals surface area (Å²) in [5.74, 6) is 0.881. The van der Waals surface area contributed by atoms with E-state index in [0.29, 0.717) is 6.61 Å². The first kappa shape index (κ1) is 12.4. The Bertz CT molecular complexity index is 465. The molecule has 0 unspecified atom stereocenters. The van der Waals surface area contributed by atoms with E-state index in [9.17, 15) is 4.79 Å². The highest BCUT2D eigenvalue weighted by molar-refractivity contribution is 5.86. The van der Waals surface area contributed by atoms with E-state index >= 15 is 0 Å². The molecule has 0 heterocycles. The van der Waals surface area contributed by atoms with Gasteiger partial charge < -0.3 is 4.74 Å². The Morgan fingerprint density at radius 3 is 3.00 bits per heavy atom. The fourth-order valence-corrected chi connectivity index (χ4v) is 1.47. The van der Waals surface area contributed by atoms with Crippen molar-refractivity contribution in [1.82, 2.24) is 5.43 Å². The number of amides is 1. The zero-order chi connectivity index (χ0) is 12.8. The molecule has 0 atom stereocenters. The number of nitrogens with zero attached hydrogens (tertiary/aromatic N) is 1. The van der Waals surface area contributed by atoms with Gasteiger partial charge in [-0.25, -0.2) is 5.43 Å². The van der Waals surface area contributed by atoms with Crippen LogP contribution in [0.3, 0.4) is 0 Å². The first-order valence-corrected chi connectivity index (χ1v) is 5.97. The molecule has 0 saturated heterocycles. The van der Waals surface area contributed by atoms with Crippen LogP contribution in [0.15, 0.2) is 42.0 Å². The number of carbonyl (C=O) groups is 1. The summed E-state index contributed by atoms with van der Waals surface area (Å²) >= 11 is 0. The number of benzene rings is 1. The maximum Gasteiger partial charge on any atom is 0.243 e. The van der Waals surface area contributed by atoms with Crippen LogP contribution < -0.4 is 10.2 Å². The lowest BCUT2D eigenvalue weighted by Crippen LogP contribution is -2.19. The number of para-hydroxylation sites is 1. The first-order valence-electron chi connectivity index (χ1n) is 5.97. The Morgan fingerprint density at radius 1 is 1.50 bits per heavy atom. The van der Waals surface area contributed by atoms with E-state index in [1.165, 1.54) is 0 Å². The van der Waals surface area contributed by atoms with Crippen molar-refractivity contribution in [1.29, 1.82) is 0 Å². The highest BCUT2D eigenvalue weighted by atomic mass is 16.5. The molecule has 1 aliphatic rings. The van der Waals surface area contributed by atoms with Gasteiger partial charge in [-0.3, -0.25) is 4.79 Å². The number of hydrogen-bond acceptors (Lipinski definition) is 3. The van der Waals surface area contributed by atoms with Gasteiger partial charge in [-0.15, -0.1) is 0 Å². The zero-order valence-corrected chi connectivity index (χ0v) is 10.1. The molecule has 0 radical (unpaired) electrons. The number of nitrogens with one attached hydrogen (secondary N) is 1. The molecule has 18 heavy (non-hydrogen) atoms. The Balaban J connectivity index is 1.96. The highest BCUT2D eigenvalue weighted by Crippen LogP contribution is 2.28. The minimum atomic E-state index is -0.00394. The normalized spacial score (nSPS) is 14.4. The van der Waals surface area contributed by atoms with Crippen LogP contribution in [0, 0.1) is 5.92 Å². The minimum Gasteiger partial charge on any atom is -0.489 e. The molecule has 1 aromatic carbocycles. The van der Waals surface area contributed by atoms with E-state index in [2.05, 4.69) is 17.1 Å². The number of rotatable bonds is 6. The minimum absolute atomic E-state index is 0.00394. The van der Waals surface area contributed by atoms with E-state index in [4.69, 9.17) is 4.74 Å². The number of ether oxygens (including phenoxy) is 1. The number of hydrogen-bond donors (Lipinski definition) is 1. The largest absolute Gasteiger partial charge is 0.489 e. The zero-order valence-electron chi connectivity index (χ0n) is 10.1. The fourth-order valence-electron chi connectivity index (χ4n) is 1.47. The van der Waals surface area contributed by atoms with Gasteiger partial charge in [-0.1, -0.05) is 24.8 Å². The van der Waals surface area contributed by atoms with Gasteiger partial charge in [0.1, 0.15) is 12.4 Å². The van der Waals surface area contributed by atoms with Crippen LogP contribution in [0.2, 0.25) is 0 Å². The molecule has 94 valence electrons. The van der Waals surface area contributed by atoms with E-state index in [1.54, 1.807) is 12.3 Å². The van der Waals surface area contributed by atoms with Gasteiger partial charge in [0.05, 0.1) is 6.21 Å². The molecular weight excluding hydrogens is 228 g/mol. The van der Waals surface area contributed by atoms with Crippen molar-refractivity contribution >= 4 is 12.1 Å². The smallest absolute Gasteiger partial charge is 0.243 e. The van der Waals surface area contributed by atoms with Gasteiger partial charge in [-0.05, 0) is 25.0 Å². The van der Waals surface area contributed by atoms with Crippen molar-refractivity contribution in [2.45, 2.75) is 12.8 Å². The monoisotopic (exact) mass is 244 g/mol. The molecule has 1 aliphatic carbocycles. The molecule has 0 aliphatic heterocycles. The standard InChI is InChI=1S/C14H16N2O2/c1-2-9-18-13-6-4-3-5-12(13)10-15-16-14(17)11-7-8-11/h2-6,10-11H,1,7-9H2,(H,16,17)/b15-10-. The molecule has 0 spiro atoms. The fraction of sp³-hybridized carbons (Fsp3) is 0.286. The van der Waals surface area contributed by atoms with E-state index in [1.807, 2.05) is 24.3 Å². The second-order valence-electron chi connectivity index (χ2n) is 4.15. The quantitative estimate of drug-likeness (QED) is 0.473. The summed E-state index contributed by atoms with van der Waals surface area (Å²) in [6, 6.07) is 7.52. The van der Waals surface area contributed by atoms with Gasteiger partial charge in [0, 0.05) is 11.5 Å². The third-order valence-corrected chi connectivity index (χ3v) is 2.60. The van der Waals surface area contributed by atoms with Crippen molar-refractivity contribution in [3.05, 3.63) is 42.5 Å². The molecule has 1 aromatic rings. The van der Waals surface area contributed by atoms with Crippen molar-refractivity contribution in [3.8, 4) is 5.75 Å². The maximum absolute atomic E-state index is 11.4. The second-order valence-corrected chi connectivity index (χ2v) is 4.15. The summed E-state index contributed by atoms with van der Waals surface area (Å²) in [6.45, 7) is 4.05. The average Bonchev–Trinajstić information content (AvgIpc) is 3.22. The maximum atomic E-state index is 11.4. The Morgan fingerprint density at radius 2 is 2.28 bits per heavy atom. The molecule has 4 nitrogen and oxygen atoms in total.